The highest BCUT2D eigenvalue weighted by atomic mass is 16.6. The van der Waals surface area contributed by atoms with Gasteiger partial charge in [0.05, 0.1) is 11.0 Å². The lowest BCUT2D eigenvalue weighted by Crippen LogP contribution is -2.77. The van der Waals surface area contributed by atoms with E-state index in [4.69, 9.17) is 14.2 Å². The third-order valence-electron chi connectivity index (χ3n) is 10.4. The van der Waals surface area contributed by atoms with Crippen molar-refractivity contribution in [1.82, 2.24) is 20.7 Å². The van der Waals surface area contributed by atoms with Gasteiger partial charge in [-0.3, -0.25) is 19.9 Å². The van der Waals surface area contributed by atoms with Crippen LogP contribution >= 0.6 is 0 Å². The minimum absolute atomic E-state index is 0.0895. The van der Waals surface area contributed by atoms with Crippen LogP contribution in [0, 0.1) is 5.92 Å². The Kier molecular flexibility index (Phi) is 6.55. The van der Waals surface area contributed by atoms with Crippen LogP contribution in [0.5, 0.6) is 11.5 Å². The Bertz CT molecular complexity index is 1210. The molecule has 6 aliphatic rings. The number of rotatable bonds is 7. The molecule has 4 fully saturated rings. The summed E-state index contributed by atoms with van der Waals surface area (Å²) < 4.78 is 18.7. The number of benzene rings is 1. The van der Waals surface area contributed by atoms with E-state index in [0.29, 0.717) is 18.6 Å². The first-order valence-electron chi connectivity index (χ1n) is 15.1. The molecule has 3 aliphatic heterocycles. The Labute approximate surface area is 235 Å². The van der Waals surface area contributed by atoms with Crippen LogP contribution < -0.4 is 20.2 Å². The number of carbonyl (C=O) groups excluding carboxylic acids is 3. The van der Waals surface area contributed by atoms with Gasteiger partial charge in [0, 0.05) is 44.8 Å². The molecule has 1 aromatic carbocycles. The van der Waals surface area contributed by atoms with E-state index < -0.39 is 23.2 Å². The Morgan fingerprint density at radius 1 is 1.10 bits per heavy atom. The topological polar surface area (TPSA) is 109 Å². The quantitative estimate of drug-likeness (QED) is 0.531. The molecule has 2 amide bonds. The lowest BCUT2D eigenvalue weighted by atomic mass is 9.49. The summed E-state index contributed by atoms with van der Waals surface area (Å²) in [6, 6.07) is 3.97. The predicted octanol–water partition coefficient (Wildman–Crippen LogP) is 2.47. The van der Waals surface area contributed by atoms with Gasteiger partial charge in [-0.1, -0.05) is 18.9 Å². The van der Waals surface area contributed by atoms with E-state index in [0.717, 1.165) is 68.9 Å². The van der Waals surface area contributed by atoms with Crippen molar-refractivity contribution >= 4 is 17.8 Å². The van der Waals surface area contributed by atoms with Crippen LogP contribution in [0.15, 0.2) is 12.1 Å². The molecular weight excluding hydrogens is 512 g/mol. The number of ether oxygens (including phenoxy) is 3. The summed E-state index contributed by atoms with van der Waals surface area (Å²) in [5.74, 6) is 1.34. The average Bonchev–Trinajstić information content (AvgIpc) is 3.74. The summed E-state index contributed by atoms with van der Waals surface area (Å²) in [5, 5.41) is 4.49. The van der Waals surface area contributed by atoms with Crippen molar-refractivity contribution in [2.24, 2.45) is 5.92 Å². The monoisotopic (exact) mass is 552 g/mol. The number of carbonyl (C=O) groups is 3. The zero-order valence-electron chi connectivity index (χ0n) is 23.3. The van der Waals surface area contributed by atoms with Crippen LogP contribution in [0.2, 0.25) is 0 Å². The van der Waals surface area contributed by atoms with Crippen molar-refractivity contribution in [2.75, 3.05) is 39.8 Å². The number of ketones is 1. The normalized spacial score (nSPS) is 33.0. The molecule has 0 radical (unpaired) electrons. The van der Waals surface area contributed by atoms with Gasteiger partial charge in [-0.25, -0.2) is 9.80 Å². The fourth-order valence-corrected chi connectivity index (χ4v) is 8.41. The second kappa shape index (κ2) is 9.99. The first kappa shape index (κ1) is 26.2. The zero-order valence-corrected chi connectivity index (χ0v) is 23.3. The first-order chi connectivity index (χ1) is 19.4. The zero-order chi connectivity index (χ0) is 27.5. The van der Waals surface area contributed by atoms with Gasteiger partial charge >= 0.3 is 6.09 Å². The van der Waals surface area contributed by atoms with Gasteiger partial charge in [0.15, 0.2) is 23.4 Å². The van der Waals surface area contributed by atoms with Crippen LogP contribution in [0.1, 0.15) is 68.9 Å². The van der Waals surface area contributed by atoms with Crippen molar-refractivity contribution < 1.29 is 28.6 Å². The molecule has 1 spiro atoms. The molecule has 10 heteroatoms. The van der Waals surface area contributed by atoms with Crippen LogP contribution in [-0.2, 0) is 26.2 Å². The summed E-state index contributed by atoms with van der Waals surface area (Å²) in [6.45, 7) is 3.43. The fourth-order valence-electron chi connectivity index (χ4n) is 8.41. The van der Waals surface area contributed by atoms with Gasteiger partial charge < -0.3 is 19.5 Å². The third kappa shape index (κ3) is 4.05. The molecule has 3 unspecified atom stereocenters. The van der Waals surface area contributed by atoms with Crippen LogP contribution in [0.25, 0.3) is 0 Å². The minimum atomic E-state index is -0.726. The van der Waals surface area contributed by atoms with E-state index in [-0.39, 0.29) is 30.0 Å². The number of piperidine rings is 1. The summed E-state index contributed by atoms with van der Waals surface area (Å²) >= 11 is 0. The third-order valence-corrected chi connectivity index (χ3v) is 10.4. The molecule has 40 heavy (non-hydrogen) atoms. The molecular formula is C30H40N4O6. The summed E-state index contributed by atoms with van der Waals surface area (Å²) in [7, 11) is 1.79. The van der Waals surface area contributed by atoms with Gasteiger partial charge in [0.1, 0.15) is 6.54 Å². The highest BCUT2D eigenvalue weighted by molar-refractivity contribution is 5.90. The number of methoxy groups -OCH3 is 1. The van der Waals surface area contributed by atoms with E-state index in [1.165, 1.54) is 25.7 Å². The smallest absolute Gasteiger partial charge is 0.413 e. The van der Waals surface area contributed by atoms with E-state index >= 15 is 0 Å². The van der Waals surface area contributed by atoms with Gasteiger partial charge in [0.25, 0.3) is 5.91 Å². The van der Waals surface area contributed by atoms with Gasteiger partial charge in [-0.2, -0.15) is 0 Å². The second-order valence-corrected chi connectivity index (χ2v) is 12.5. The number of nitrogens with one attached hydrogen (secondary N) is 2. The van der Waals surface area contributed by atoms with Crippen molar-refractivity contribution in [1.29, 1.82) is 0 Å². The maximum absolute atomic E-state index is 13.4. The minimum Gasteiger partial charge on any atom is -0.477 e. The molecule has 3 heterocycles. The number of hydrogen-bond acceptors (Lipinski definition) is 8. The molecule has 10 nitrogen and oxygen atoms in total. The predicted molar refractivity (Wildman–Crippen MR) is 145 cm³/mol. The molecule has 0 aromatic heterocycles. The number of likely N-dealkylation sites (tertiary alicyclic amines) is 1. The number of nitrogens with zero attached hydrogens (tertiary/aromatic N) is 2. The highest BCUT2D eigenvalue weighted by Gasteiger charge is 2.74. The first-order valence-corrected chi connectivity index (χ1v) is 15.1. The molecule has 3 aliphatic carbocycles. The Morgan fingerprint density at radius 3 is 2.65 bits per heavy atom. The largest absolute Gasteiger partial charge is 0.477 e. The Balaban J connectivity index is 1.12. The van der Waals surface area contributed by atoms with Gasteiger partial charge in [-0.05, 0) is 69.0 Å². The number of hydrogen-bond donors (Lipinski definition) is 2. The van der Waals surface area contributed by atoms with E-state index in [1.54, 1.807) is 13.2 Å². The molecule has 7 rings (SSSR count). The van der Waals surface area contributed by atoms with Crippen molar-refractivity contribution in [3.63, 3.8) is 0 Å². The van der Waals surface area contributed by atoms with Crippen LogP contribution in [0.3, 0.4) is 0 Å². The molecule has 4 atom stereocenters. The molecule has 2 bridgehead atoms. The Hall–Kier alpha value is -2.69. The maximum atomic E-state index is 13.4. The van der Waals surface area contributed by atoms with Crippen molar-refractivity contribution in [3.05, 3.63) is 23.3 Å². The Morgan fingerprint density at radius 2 is 1.90 bits per heavy atom. The van der Waals surface area contributed by atoms with E-state index in [2.05, 4.69) is 15.6 Å². The van der Waals surface area contributed by atoms with Crippen LogP contribution in [-0.4, -0.2) is 85.3 Å². The number of amides is 2. The molecule has 216 valence electrons. The highest BCUT2D eigenvalue weighted by Crippen LogP contribution is 2.66. The lowest BCUT2D eigenvalue weighted by Gasteiger charge is -2.64. The van der Waals surface area contributed by atoms with Crippen molar-refractivity contribution in [3.8, 4) is 11.5 Å². The second-order valence-electron chi connectivity index (χ2n) is 12.5. The molecule has 2 saturated carbocycles. The van der Waals surface area contributed by atoms with E-state index in [9.17, 15) is 14.4 Å². The standard InChI is InChI=1S/C30H40N4O6/c1-38-30-11-10-21(35)27-29(30)12-15-33(18-19-6-7-19)23(30)16-20-8-9-22(26(40-27)25(20)29)39-28(37)31-17-24(36)32-34-13-4-2-3-5-14-34/h8-9,19,23,27H,2-7,10-18H2,1H3,(H,31,37)(H,32,36)/t23?,27-,29?,30?/m0/s1. The fraction of sp³-hybridized carbons (Fsp3) is 0.700. The lowest BCUT2D eigenvalue weighted by molar-refractivity contribution is -0.202. The summed E-state index contributed by atoms with van der Waals surface area (Å²) in [4.78, 5) is 41.2. The number of hydrazine groups is 1. The van der Waals surface area contributed by atoms with E-state index in [1.807, 2.05) is 11.1 Å². The van der Waals surface area contributed by atoms with Gasteiger partial charge in [-0.15, -0.1) is 0 Å². The van der Waals surface area contributed by atoms with Crippen molar-refractivity contribution in [2.45, 2.75) is 87.4 Å². The molecule has 1 aromatic rings. The van der Waals surface area contributed by atoms with Gasteiger partial charge in [0.2, 0.25) is 0 Å². The number of Topliss-reactive ketones (excluding diaryl/α,β-unsaturated/α-hetero) is 1. The maximum Gasteiger partial charge on any atom is 0.413 e. The average molecular weight is 553 g/mol. The molecule has 2 N–H and O–H groups in total. The summed E-state index contributed by atoms with van der Waals surface area (Å²) in [6.07, 6.45) is 8.32. The SMILES string of the molecule is COC12CCC(=O)[C@@H]3Oc4c(OC(=O)NCC(=O)NN5CCCCCC5)ccc5c4C31CCN(CC1CC1)C2C5. The van der Waals surface area contributed by atoms with Crippen LogP contribution in [0.4, 0.5) is 4.79 Å². The summed E-state index contributed by atoms with van der Waals surface area (Å²) in [5.41, 5.74) is 3.89. The molecule has 2 saturated heterocycles.